The number of para-hydroxylation sites is 1. The number of hydrogen-bond acceptors (Lipinski definition) is 7. The van der Waals surface area contributed by atoms with E-state index in [9.17, 15) is 27.9 Å². The van der Waals surface area contributed by atoms with Crippen LogP contribution in [0.15, 0.2) is 102 Å². The fraction of sp³-hybridized carbons (Fsp3) is 0.333. The third-order valence-corrected chi connectivity index (χ3v) is 10.3. The predicted octanol–water partition coefficient (Wildman–Crippen LogP) is 7.36. The maximum atomic E-state index is 13.1. The zero-order valence-corrected chi connectivity index (χ0v) is 28.8. The second kappa shape index (κ2) is 16.3. The van der Waals surface area contributed by atoms with E-state index in [0.717, 1.165) is 44.0 Å². The first-order valence-corrected chi connectivity index (χ1v) is 17.7. The molecule has 12 heteroatoms. The Morgan fingerprint density at radius 2 is 1.65 bits per heavy atom. The second-order valence-electron chi connectivity index (χ2n) is 12.5. The Morgan fingerprint density at radius 1 is 0.941 bits per heavy atom. The van der Waals surface area contributed by atoms with Gasteiger partial charge in [-0.3, -0.25) is 9.59 Å². The molecule has 4 atom stereocenters. The number of nitrogens with one attached hydrogen (secondary N) is 1. The lowest BCUT2D eigenvalue weighted by Crippen LogP contribution is -2.50. The van der Waals surface area contributed by atoms with E-state index in [0.29, 0.717) is 23.5 Å². The maximum absolute atomic E-state index is 13.1. The van der Waals surface area contributed by atoms with E-state index < -0.39 is 30.3 Å². The first kappa shape index (κ1) is 36.4. The van der Waals surface area contributed by atoms with Crippen LogP contribution in [0.1, 0.15) is 53.9 Å². The molecular weight excluding hydrogens is 681 g/mol. The minimum atomic E-state index is -5.03. The molecule has 4 aromatic rings. The van der Waals surface area contributed by atoms with Gasteiger partial charge >= 0.3 is 12.1 Å². The van der Waals surface area contributed by atoms with Crippen molar-refractivity contribution in [3.63, 3.8) is 0 Å². The average Bonchev–Trinajstić information content (AvgIpc) is 3.66. The highest BCUT2D eigenvalue weighted by Gasteiger charge is 2.47. The Morgan fingerprint density at radius 3 is 2.37 bits per heavy atom. The molecule has 8 nitrogen and oxygen atoms in total. The second-order valence-corrected chi connectivity index (χ2v) is 13.5. The van der Waals surface area contributed by atoms with Crippen LogP contribution in [-0.2, 0) is 32.2 Å². The number of halogens is 3. The number of aliphatic hydroxyl groups is 1. The molecule has 0 bridgehead atoms. The van der Waals surface area contributed by atoms with Crippen molar-refractivity contribution in [1.29, 1.82) is 0 Å². The molecule has 268 valence electrons. The first-order chi connectivity index (χ1) is 24.6. The van der Waals surface area contributed by atoms with Gasteiger partial charge in [-0.1, -0.05) is 84.9 Å². The van der Waals surface area contributed by atoms with Crippen molar-refractivity contribution in [2.24, 2.45) is 0 Å². The Labute approximate surface area is 298 Å². The van der Waals surface area contributed by atoms with Crippen molar-refractivity contribution < 1.29 is 42.1 Å². The molecular formula is C39H39F3N2O6S. The van der Waals surface area contributed by atoms with Gasteiger partial charge in [0.1, 0.15) is 11.8 Å². The monoisotopic (exact) mass is 720 g/mol. The molecule has 2 saturated heterocycles. The van der Waals surface area contributed by atoms with E-state index in [1.807, 2.05) is 97.1 Å². The molecule has 2 N–H and O–H groups in total. The van der Waals surface area contributed by atoms with Gasteiger partial charge in [-0.05, 0) is 52.8 Å². The van der Waals surface area contributed by atoms with E-state index >= 15 is 0 Å². The quantitative estimate of drug-likeness (QED) is 0.156. The van der Waals surface area contributed by atoms with Gasteiger partial charge in [0.25, 0.3) is 0 Å². The zero-order chi connectivity index (χ0) is 36.0. The number of ether oxygens (including phenoxy) is 3. The number of carbonyl (C=O) groups excluding carboxylic acids is 2. The minimum Gasteiger partial charge on any atom is -0.496 e. The fourth-order valence-electron chi connectivity index (χ4n) is 6.46. The molecule has 2 amide bonds. The van der Waals surface area contributed by atoms with Gasteiger partial charge in [-0.2, -0.15) is 13.2 Å². The Hall–Kier alpha value is -4.36. The normalized spacial score (nSPS) is 20.6. The van der Waals surface area contributed by atoms with Crippen LogP contribution >= 0.6 is 11.8 Å². The minimum absolute atomic E-state index is 0.0420. The predicted molar refractivity (Wildman–Crippen MR) is 187 cm³/mol. The van der Waals surface area contributed by atoms with Gasteiger partial charge < -0.3 is 29.5 Å². The Balaban J connectivity index is 1.17. The number of benzene rings is 4. The number of carbonyl (C=O) groups is 2. The smallest absolute Gasteiger partial charge is 0.471 e. The summed E-state index contributed by atoms with van der Waals surface area (Å²) in [6.07, 6.45) is -4.93. The third-order valence-electron chi connectivity index (χ3n) is 9.13. The van der Waals surface area contributed by atoms with Crippen molar-refractivity contribution in [2.45, 2.75) is 68.0 Å². The van der Waals surface area contributed by atoms with Crippen LogP contribution in [-0.4, -0.2) is 59.6 Å². The number of likely N-dealkylation sites (tertiary alicyclic amines) is 1. The van der Waals surface area contributed by atoms with E-state index in [2.05, 4.69) is 5.32 Å². The summed E-state index contributed by atoms with van der Waals surface area (Å²) in [6, 6.07) is 29.7. The summed E-state index contributed by atoms with van der Waals surface area (Å²) >= 11 is 1.66. The maximum Gasteiger partial charge on any atom is 0.471 e. The summed E-state index contributed by atoms with van der Waals surface area (Å²) in [6.45, 7) is -0.0655. The number of amides is 2. The van der Waals surface area contributed by atoms with Gasteiger partial charge in [-0.15, -0.1) is 11.8 Å². The van der Waals surface area contributed by atoms with Crippen molar-refractivity contribution in [3.05, 3.63) is 119 Å². The molecule has 4 aromatic carbocycles. The van der Waals surface area contributed by atoms with Gasteiger partial charge in [-0.25, -0.2) is 0 Å². The molecule has 0 aliphatic carbocycles. The summed E-state index contributed by atoms with van der Waals surface area (Å²) in [5.41, 5.74) is 5.12. The highest BCUT2D eigenvalue weighted by atomic mass is 32.2. The molecule has 51 heavy (non-hydrogen) atoms. The van der Waals surface area contributed by atoms with E-state index in [4.69, 9.17) is 14.2 Å². The number of alkyl halides is 3. The highest BCUT2D eigenvalue weighted by molar-refractivity contribution is 7.99. The summed E-state index contributed by atoms with van der Waals surface area (Å²) < 4.78 is 57.9. The third kappa shape index (κ3) is 8.75. The Kier molecular flexibility index (Phi) is 11.7. The molecule has 0 aromatic heterocycles. The van der Waals surface area contributed by atoms with Crippen LogP contribution < -0.4 is 10.1 Å². The lowest BCUT2D eigenvalue weighted by molar-refractivity contribution is -0.245. The highest BCUT2D eigenvalue weighted by Crippen LogP contribution is 2.41. The largest absolute Gasteiger partial charge is 0.496 e. The number of thioether (sulfide) groups is 1. The van der Waals surface area contributed by atoms with Crippen molar-refractivity contribution in [1.82, 2.24) is 10.2 Å². The molecule has 0 spiro atoms. The fourth-order valence-corrected chi connectivity index (χ4v) is 7.51. The van der Waals surface area contributed by atoms with E-state index in [1.54, 1.807) is 18.9 Å². The van der Waals surface area contributed by atoms with E-state index in [1.165, 1.54) is 0 Å². The van der Waals surface area contributed by atoms with Crippen LogP contribution in [0.4, 0.5) is 13.2 Å². The molecule has 2 aliphatic heterocycles. The lowest BCUT2D eigenvalue weighted by Gasteiger charge is -2.36. The van der Waals surface area contributed by atoms with Crippen molar-refractivity contribution >= 4 is 23.6 Å². The Bertz CT molecular complexity index is 1800. The topological polar surface area (TPSA) is 97.3 Å². The number of nitrogens with zero attached hydrogens (tertiary/aromatic N) is 1. The number of hydrogen-bond donors (Lipinski definition) is 2. The van der Waals surface area contributed by atoms with Gasteiger partial charge in [0.15, 0.2) is 6.29 Å². The zero-order valence-electron chi connectivity index (χ0n) is 28.0. The summed E-state index contributed by atoms with van der Waals surface area (Å²) in [7, 11) is 1.65. The standard InChI is InChI=1S/C39H39F3N2O6S/c1-48-33-10-4-5-11-35(33)51-24-30-21-34(27-14-12-25(23-45)13-15-27)50-37(49-30)28-18-16-26(17-19-28)31-8-3-2-7-29(31)22-43-36(46)32-9-6-20-44(32)38(47)39(40,41)42/h2-5,7-8,10-19,30,32,34,37,45H,6,9,20-24H2,1H3,(H,43,46). The first-order valence-electron chi connectivity index (χ1n) is 16.7. The van der Waals surface area contributed by atoms with Crippen LogP contribution in [0.3, 0.4) is 0 Å². The number of aliphatic hydroxyl groups excluding tert-OH is 1. The van der Waals surface area contributed by atoms with Gasteiger partial charge in [0.05, 0.1) is 25.9 Å². The van der Waals surface area contributed by atoms with Crippen LogP contribution in [0, 0.1) is 0 Å². The molecule has 2 heterocycles. The summed E-state index contributed by atoms with van der Waals surface area (Å²) in [5.74, 6) is -1.12. The molecule has 0 saturated carbocycles. The molecule has 4 unspecified atom stereocenters. The van der Waals surface area contributed by atoms with Crippen LogP contribution in [0.2, 0.25) is 0 Å². The summed E-state index contributed by atoms with van der Waals surface area (Å²) in [5, 5.41) is 12.3. The van der Waals surface area contributed by atoms with Crippen molar-refractivity contribution in [3.8, 4) is 16.9 Å². The van der Waals surface area contributed by atoms with E-state index in [-0.39, 0.29) is 38.3 Å². The van der Waals surface area contributed by atoms with Gasteiger partial charge in [0.2, 0.25) is 5.91 Å². The SMILES string of the molecule is COc1ccccc1SCC1CC(c2ccc(CO)cc2)OC(c2ccc(-c3ccccc3CNC(=O)C3CCCN3C(=O)C(F)(F)F)cc2)O1. The molecule has 2 fully saturated rings. The molecule has 6 rings (SSSR count). The average molecular weight is 721 g/mol. The lowest BCUT2D eigenvalue weighted by atomic mass is 9.97. The molecule has 2 aliphatic rings. The van der Waals surface area contributed by atoms with Crippen molar-refractivity contribution in [2.75, 3.05) is 19.4 Å². The van der Waals surface area contributed by atoms with Gasteiger partial charge in [0, 0.05) is 35.7 Å². The van der Waals surface area contributed by atoms with Crippen LogP contribution in [0.25, 0.3) is 11.1 Å². The summed E-state index contributed by atoms with van der Waals surface area (Å²) in [4.78, 5) is 26.5. The molecule has 0 radical (unpaired) electrons. The number of rotatable bonds is 11. The number of methoxy groups -OCH3 is 1. The van der Waals surface area contributed by atoms with Crippen LogP contribution in [0.5, 0.6) is 5.75 Å².